The fraction of sp³-hybridized carbons (Fsp3) is 0.455. The highest BCUT2D eigenvalue weighted by molar-refractivity contribution is 7.85. The van der Waals surface area contributed by atoms with Gasteiger partial charge in [-0.05, 0) is 38.1 Å². The summed E-state index contributed by atoms with van der Waals surface area (Å²) in [4.78, 5) is 10.7. The Morgan fingerprint density at radius 1 is 1.24 bits per heavy atom. The molecule has 1 heterocycles. The molecule has 1 aliphatic rings. The molecule has 0 saturated carbocycles. The van der Waals surface area contributed by atoms with Gasteiger partial charge in [-0.2, -0.15) is 0 Å². The Balaban J connectivity index is 2.10. The molecular formula is C11H14N2O3S. The minimum atomic E-state index is -1.05. The van der Waals surface area contributed by atoms with Gasteiger partial charge in [0, 0.05) is 22.3 Å². The number of hydrogen-bond acceptors (Lipinski definition) is 4. The van der Waals surface area contributed by atoms with E-state index < -0.39 is 15.7 Å². The van der Waals surface area contributed by atoms with Crippen LogP contribution in [0.3, 0.4) is 0 Å². The summed E-state index contributed by atoms with van der Waals surface area (Å²) in [6.07, 6.45) is 1.78. The minimum absolute atomic E-state index is 0.0380. The van der Waals surface area contributed by atoms with Crippen molar-refractivity contribution in [2.24, 2.45) is 0 Å². The van der Waals surface area contributed by atoms with Crippen LogP contribution in [0.1, 0.15) is 12.8 Å². The number of benzene rings is 1. The standard InChI is InChI=1S/C11H14N2O3S/c14-13(15)9-1-3-10(4-2-9)17(16)11-5-7-12-8-6-11/h1-4,11-12H,5-8H2. The van der Waals surface area contributed by atoms with E-state index in [0.717, 1.165) is 25.9 Å². The molecule has 1 saturated heterocycles. The van der Waals surface area contributed by atoms with Crippen molar-refractivity contribution >= 4 is 16.5 Å². The minimum Gasteiger partial charge on any atom is -0.317 e. The highest BCUT2D eigenvalue weighted by Gasteiger charge is 2.21. The maximum absolute atomic E-state index is 12.2. The van der Waals surface area contributed by atoms with E-state index in [1.165, 1.54) is 12.1 Å². The van der Waals surface area contributed by atoms with Crippen molar-refractivity contribution in [3.05, 3.63) is 34.4 Å². The second kappa shape index (κ2) is 5.37. The molecule has 2 rings (SSSR count). The molecule has 1 aromatic carbocycles. The second-order valence-corrected chi connectivity index (χ2v) is 5.73. The van der Waals surface area contributed by atoms with Crippen molar-refractivity contribution in [1.82, 2.24) is 5.32 Å². The Bertz CT molecular complexity index is 427. The van der Waals surface area contributed by atoms with E-state index in [9.17, 15) is 14.3 Å². The molecule has 6 heteroatoms. The van der Waals surface area contributed by atoms with Gasteiger partial charge in [0.05, 0.1) is 15.7 Å². The summed E-state index contributed by atoms with van der Waals surface area (Å²) in [5, 5.41) is 13.9. The van der Waals surface area contributed by atoms with Crippen molar-refractivity contribution in [3.63, 3.8) is 0 Å². The van der Waals surface area contributed by atoms with Crippen LogP contribution in [0.25, 0.3) is 0 Å². The molecule has 0 aliphatic carbocycles. The van der Waals surface area contributed by atoms with Crippen LogP contribution < -0.4 is 5.32 Å². The van der Waals surface area contributed by atoms with E-state index in [-0.39, 0.29) is 10.9 Å². The van der Waals surface area contributed by atoms with Crippen LogP contribution in [-0.2, 0) is 10.8 Å². The van der Waals surface area contributed by atoms with Gasteiger partial charge in [-0.1, -0.05) is 0 Å². The summed E-state index contributed by atoms with van der Waals surface area (Å²) in [6.45, 7) is 1.78. The number of hydrogen-bond donors (Lipinski definition) is 1. The van der Waals surface area contributed by atoms with Crippen molar-refractivity contribution in [3.8, 4) is 0 Å². The molecule has 17 heavy (non-hydrogen) atoms. The molecule has 0 aromatic heterocycles. The van der Waals surface area contributed by atoms with Gasteiger partial charge >= 0.3 is 0 Å². The van der Waals surface area contributed by atoms with Crippen LogP contribution in [-0.4, -0.2) is 27.5 Å². The molecule has 1 aliphatic heterocycles. The van der Waals surface area contributed by atoms with Gasteiger partial charge in [0.1, 0.15) is 0 Å². The zero-order chi connectivity index (χ0) is 12.3. The van der Waals surface area contributed by atoms with Crippen molar-refractivity contribution < 1.29 is 9.13 Å². The Morgan fingerprint density at radius 3 is 2.35 bits per heavy atom. The van der Waals surface area contributed by atoms with Gasteiger partial charge in [0.15, 0.2) is 0 Å². The summed E-state index contributed by atoms with van der Waals surface area (Å²) >= 11 is 0. The van der Waals surface area contributed by atoms with E-state index in [1.807, 2.05) is 0 Å². The third kappa shape index (κ3) is 2.89. The maximum Gasteiger partial charge on any atom is 0.269 e. The predicted octanol–water partition coefficient (Wildman–Crippen LogP) is 1.45. The van der Waals surface area contributed by atoms with E-state index in [4.69, 9.17) is 0 Å². The van der Waals surface area contributed by atoms with Crippen LogP contribution in [0.5, 0.6) is 0 Å². The molecule has 1 unspecified atom stereocenters. The van der Waals surface area contributed by atoms with Gasteiger partial charge in [0.2, 0.25) is 0 Å². The SMILES string of the molecule is O=[N+]([O-])c1ccc(S(=O)C2CCNCC2)cc1. The lowest BCUT2D eigenvalue weighted by Gasteiger charge is -2.21. The van der Waals surface area contributed by atoms with Crippen molar-refractivity contribution in [2.45, 2.75) is 23.0 Å². The lowest BCUT2D eigenvalue weighted by molar-refractivity contribution is -0.384. The molecule has 1 aromatic rings. The average Bonchev–Trinajstić information content (AvgIpc) is 2.39. The number of nitrogens with one attached hydrogen (secondary N) is 1. The van der Waals surface area contributed by atoms with Crippen molar-refractivity contribution in [1.29, 1.82) is 0 Å². The molecule has 5 nitrogen and oxygen atoms in total. The fourth-order valence-electron chi connectivity index (χ4n) is 1.90. The molecule has 0 spiro atoms. The van der Waals surface area contributed by atoms with Gasteiger partial charge in [0.25, 0.3) is 5.69 Å². The Morgan fingerprint density at radius 2 is 1.82 bits per heavy atom. The third-order valence-corrected chi connectivity index (χ3v) is 4.68. The van der Waals surface area contributed by atoms with Gasteiger partial charge in [-0.3, -0.25) is 14.3 Å². The molecule has 92 valence electrons. The zero-order valence-electron chi connectivity index (χ0n) is 9.30. The predicted molar refractivity (Wildman–Crippen MR) is 65.4 cm³/mol. The quantitative estimate of drug-likeness (QED) is 0.654. The number of nitrogens with zero attached hydrogens (tertiary/aromatic N) is 1. The fourth-order valence-corrected chi connectivity index (χ4v) is 3.36. The lowest BCUT2D eigenvalue weighted by atomic mass is 10.2. The Hall–Kier alpha value is -1.27. The van der Waals surface area contributed by atoms with Crippen LogP contribution >= 0.6 is 0 Å². The first-order chi connectivity index (χ1) is 8.18. The maximum atomic E-state index is 12.2. The largest absolute Gasteiger partial charge is 0.317 e. The van der Waals surface area contributed by atoms with E-state index in [0.29, 0.717) is 4.90 Å². The summed E-state index contributed by atoms with van der Waals surface area (Å²) in [6, 6.07) is 6.01. The van der Waals surface area contributed by atoms with Crippen LogP contribution in [0.2, 0.25) is 0 Å². The number of nitro groups is 1. The first kappa shape index (κ1) is 12.2. The Kier molecular flexibility index (Phi) is 3.86. The van der Waals surface area contributed by atoms with Gasteiger partial charge < -0.3 is 5.32 Å². The zero-order valence-corrected chi connectivity index (χ0v) is 10.1. The lowest BCUT2D eigenvalue weighted by Crippen LogP contribution is -2.33. The van der Waals surface area contributed by atoms with Crippen molar-refractivity contribution in [2.75, 3.05) is 13.1 Å². The normalized spacial score (nSPS) is 18.8. The summed E-state index contributed by atoms with van der Waals surface area (Å²) in [5.74, 6) is 0. The van der Waals surface area contributed by atoms with Crippen LogP contribution in [0.15, 0.2) is 29.2 Å². The molecule has 0 bridgehead atoms. The molecular weight excluding hydrogens is 240 g/mol. The topological polar surface area (TPSA) is 72.2 Å². The number of piperidine rings is 1. The summed E-state index contributed by atoms with van der Waals surface area (Å²) in [7, 11) is -1.05. The van der Waals surface area contributed by atoms with E-state index in [1.54, 1.807) is 12.1 Å². The highest BCUT2D eigenvalue weighted by Crippen LogP contribution is 2.20. The Labute approximate surface area is 102 Å². The number of non-ortho nitro benzene ring substituents is 1. The molecule has 0 amide bonds. The number of nitro benzene ring substituents is 1. The van der Waals surface area contributed by atoms with E-state index in [2.05, 4.69) is 5.32 Å². The highest BCUT2D eigenvalue weighted by atomic mass is 32.2. The summed E-state index contributed by atoms with van der Waals surface area (Å²) in [5.41, 5.74) is 0.0380. The molecule has 1 atom stereocenters. The second-order valence-electron chi connectivity index (χ2n) is 4.00. The van der Waals surface area contributed by atoms with Gasteiger partial charge in [-0.25, -0.2) is 0 Å². The first-order valence-electron chi connectivity index (χ1n) is 5.54. The van der Waals surface area contributed by atoms with Gasteiger partial charge in [-0.15, -0.1) is 0 Å². The molecule has 0 radical (unpaired) electrons. The average molecular weight is 254 g/mol. The molecule has 1 N–H and O–H groups in total. The smallest absolute Gasteiger partial charge is 0.269 e. The first-order valence-corrected chi connectivity index (χ1v) is 6.75. The molecule has 1 fully saturated rings. The third-order valence-electron chi connectivity index (χ3n) is 2.87. The summed E-state index contributed by atoms with van der Waals surface area (Å²) < 4.78 is 12.2. The van der Waals surface area contributed by atoms with E-state index >= 15 is 0 Å². The monoisotopic (exact) mass is 254 g/mol. The van der Waals surface area contributed by atoms with Crippen LogP contribution in [0, 0.1) is 10.1 Å². The van der Waals surface area contributed by atoms with Crippen LogP contribution in [0.4, 0.5) is 5.69 Å². The number of rotatable bonds is 3.